The molecule has 1 aromatic rings. The van der Waals surface area contributed by atoms with Crippen molar-refractivity contribution in [3.8, 4) is 0 Å². The number of carbonyl (C=O) groups excluding carboxylic acids is 4. The van der Waals surface area contributed by atoms with Crippen molar-refractivity contribution >= 4 is 35.0 Å². The van der Waals surface area contributed by atoms with Crippen molar-refractivity contribution < 1.29 is 19.2 Å². The van der Waals surface area contributed by atoms with E-state index in [1.165, 1.54) is 29.6 Å². The van der Waals surface area contributed by atoms with Crippen molar-refractivity contribution in [3.63, 3.8) is 0 Å². The molecule has 186 valence electrons. The summed E-state index contributed by atoms with van der Waals surface area (Å²) in [6, 6.07) is 1.82. The molecule has 0 spiro atoms. The minimum Gasteiger partial charge on any atom is -0.339 e. The SMILES string of the molecule is CCC[C@]1(C2CCN(C(=O)c3csc(C(C)=O)c3)CC2)NC(=O)N(CC[C@H]2CCCN2C)C1=O. The van der Waals surface area contributed by atoms with Crippen LogP contribution in [-0.2, 0) is 4.79 Å². The maximum absolute atomic E-state index is 13.6. The molecule has 4 rings (SSSR count). The van der Waals surface area contributed by atoms with Crippen LogP contribution in [0.1, 0.15) is 78.8 Å². The molecule has 0 unspecified atom stereocenters. The van der Waals surface area contributed by atoms with Crippen molar-refractivity contribution in [3.05, 3.63) is 21.9 Å². The molecular weight excluding hydrogens is 452 g/mol. The molecule has 0 aliphatic carbocycles. The maximum atomic E-state index is 13.6. The van der Waals surface area contributed by atoms with Gasteiger partial charge in [-0.3, -0.25) is 19.3 Å². The quantitative estimate of drug-likeness (QED) is 0.448. The molecule has 3 fully saturated rings. The van der Waals surface area contributed by atoms with Gasteiger partial charge in [0, 0.05) is 31.1 Å². The van der Waals surface area contributed by atoms with Gasteiger partial charge in [0.25, 0.3) is 11.8 Å². The minimum absolute atomic E-state index is 0.00218. The number of urea groups is 1. The topological polar surface area (TPSA) is 90.0 Å². The third-order valence-corrected chi connectivity index (χ3v) is 8.91. The van der Waals surface area contributed by atoms with Gasteiger partial charge in [-0.2, -0.15) is 0 Å². The molecule has 3 saturated heterocycles. The van der Waals surface area contributed by atoms with Gasteiger partial charge in [-0.05, 0) is 71.0 Å². The Hall–Kier alpha value is -2.26. The van der Waals surface area contributed by atoms with E-state index in [1.807, 2.05) is 6.92 Å². The standard InChI is InChI=1S/C25H36N4O4S/c1-4-10-25(23(32)29(24(33)26-25)14-9-20-6-5-11-27(20)3)19-7-12-28(13-8-19)22(31)18-15-21(17(2)30)34-16-18/h15-16,19-20H,4-14H2,1-3H3,(H,26,33)/t20-,25-/m1/s1. The number of imide groups is 1. The number of rotatable bonds is 8. The second kappa shape index (κ2) is 10.2. The van der Waals surface area contributed by atoms with Crippen LogP contribution >= 0.6 is 11.3 Å². The molecule has 4 amide bonds. The monoisotopic (exact) mass is 488 g/mol. The maximum Gasteiger partial charge on any atom is 0.325 e. The molecule has 3 aliphatic rings. The van der Waals surface area contributed by atoms with E-state index < -0.39 is 5.54 Å². The van der Waals surface area contributed by atoms with Crippen LogP contribution < -0.4 is 5.32 Å². The summed E-state index contributed by atoms with van der Waals surface area (Å²) in [6.07, 6.45) is 5.84. The highest BCUT2D eigenvalue weighted by Gasteiger charge is 2.55. The number of nitrogens with zero attached hydrogens (tertiary/aromatic N) is 3. The number of carbonyl (C=O) groups is 4. The second-order valence-corrected chi connectivity index (χ2v) is 10.9. The van der Waals surface area contributed by atoms with Crippen LogP contribution in [0.3, 0.4) is 0 Å². The van der Waals surface area contributed by atoms with E-state index in [9.17, 15) is 19.2 Å². The summed E-state index contributed by atoms with van der Waals surface area (Å²) in [4.78, 5) is 57.2. The molecule has 9 heteroatoms. The van der Waals surface area contributed by atoms with Crippen LogP contribution in [0.25, 0.3) is 0 Å². The lowest BCUT2D eigenvalue weighted by Gasteiger charge is -2.41. The van der Waals surface area contributed by atoms with Crippen molar-refractivity contribution in [1.29, 1.82) is 0 Å². The van der Waals surface area contributed by atoms with Gasteiger partial charge in [0.15, 0.2) is 5.78 Å². The third-order valence-electron chi connectivity index (χ3n) is 7.88. The number of hydrogen-bond donors (Lipinski definition) is 1. The number of Topliss-reactive ketones (excluding diaryl/α,β-unsaturated/α-hetero) is 1. The number of likely N-dealkylation sites (tertiary alicyclic amines) is 2. The van der Waals surface area contributed by atoms with E-state index in [0.717, 1.165) is 25.8 Å². The Morgan fingerprint density at radius 3 is 2.50 bits per heavy atom. The number of hydrogen-bond acceptors (Lipinski definition) is 6. The molecule has 0 radical (unpaired) electrons. The Balaban J connectivity index is 1.41. The predicted octanol–water partition coefficient (Wildman–Crippen LogP) is 3.38. The van der Waals surface area contributed by atoms with Gasteiger partial charge in [-0.1, -0.05) is 13.3 Å². The lowest BCUT2D eigenvalue weighted by Crippen LogP contribution is -2.56. The van der Waals surface area contributed by atoms with Crippen LogP contribution in [-0.4, -0.2) is 83.1 Å². The van der Waals surface area contributed by atoms with Gasteiger partial charge < -0.3 is 15.1 Å². The van der Waals surface area contributed by atoms with Gasteiger partial charge in [0.1, 0.15) is 5.54 Å². The molecule has 3 aliphatic heterocycles. The summed E-state index contributed by atoms with van der Waals surface area (Å²) in [5, 5.41) is 4.84. The van der Waals surface area contributed by atoms with E-state index in [4.69, 9.17) is 0 Å². The molecule has 0 aromatic carbocycles. The van der Waals surface area contributed by atoms with E-state index >= 15 is 0 Å². The number of amides is 4. The van der Waals surface area contributed by atoms with Crippen molar-refractivity contribution in [2.75, 3.05) is 33.2 Å². The number of thiophene rings is 1. The van der Waals surface area contributed by atoms with E-state index in [0.29, 0.717) is 55.4 Å². The molecule has 34 heavy (non-hydrogen) atoms. The molecule has 0 saturated carbocycles. The summed E-state index contributed by atoms with van der Waals surface area (Å²) in [5.41, 5.74) is -0.322. The van der Waals surface area contributed by atoms with E-state index in [1.54, 1.807) is 16.3 Å². The van der Waals surface area contributed by atoms with Crippen LogP contribution in [0.5, 0.6) is 0 Å². The zero-order valence-corrected chi connectivity index (χ0v) is 21.3. The lowest BCUT2D eigenvalue weighted by atomic mass is 9.74. The Bertz CT molecular complexity index is 954. The van der Waals surface area contributed by atoms with Crippen molar-refractivity contribution in [2.24, 2.45) is 5.92 Å². The van der Waals surface area contributed by atoms with Crippen LogP contribution in [0.2, 0.25) is 0 Å². The van der Waals surface area contributed by atoms with Gasteiger partial charge >= 0.3 is 6.03 Å². The highest BCUT2D eigenvalue weighted by atomic mass is 32.1. The highest BCUT2D eigenvalue weighted by Crippen LogP contribution is 2.38. The van der Waals surface area contributed by atoms with Crippen molar-refractivity contribution in [1.82, 2.24) is 20.0 Å². The molecule has 1 aromatic heterocycles. The van der Waals surface area contributed by atoms with Crippen LogP contribution in [0.4, 0.5) is 4.79 Å². The Morgan fingerprint density at radius 1 is 1.18 bits per heavy atom. The molecule has 1 N–H and O–H groups in total. The van der Waals surface area contributed by atoms with Gasteiger partial charge in [0.05, 0.1) is 10.4 Å². The van der Waals surface area contributed by atoms with E-state index in [2.05, 4.69) is 17.3 Å². The van der Waals surface area contributed by atoms with Gasteiger partial charge in [-0.15, -0.1) is 11.3 Å². The normalized spacial score (nSPS) is 26.4. The average molecular weight is 489 g/mol. The molecular formula is C25H36N4O4S. The first-order valence-electron chi connectivity index (χ1n) is 12.5. The fraction of sp³-hybridized carbons (Fsp3) is 0.680. The van der Waals surface area contributed by atoms with Crippen LogP contribution in [0, 0.1) is 5.92 Å². The summed E-state index contributed by atoms with van der Waals surface area (Å²) in [6.45, 7) is 6.15. The first-order chi connectivity index (χ1) is 16.3. The zero-order chi connectivity index (χ0) is 24.5. The average Bonchev–Trinajstić information content (AvgIpc) is 3.52. The highest BCUT2D eigenvalue weighted by molar-refractivity contribution is 7.12. The van der Waals surface area contributed by atoms with Gasteiger partial charge in [-0.25, -0.2) is 4.79 Å². The van der Waals surface area contributed by atoms with E-state index in [-0.39, 0.29) is 29.5 Å². The molecule has 4 heterocycles. The number of nitrogens with one attached hydrogen (secondary N) is 1. The smallest absolute Gasteiger partial charge is 0.325 e. The summed E-state index contributed by atoms with van der Waals surface area (Å²) in [5.74, 6) is -0.198. The summed E-state index contributed by atoms with van der Waals surface area (Å²) in [7, 11) is 2.11. The lowest BCUT2D eigenvalue weighted by molar-refractivity contribution is -0.134. The third kappa shape index (κ3) is 4.64. The first kappa shape index (κ1) is 24.9. The fourth-order valence-corrected chi connectivity index (χ4v) is 6.69. The first-order valence-corrected chi connectivity index (χ1v) is 13.4. The zero-order valence-electron chi connectivity index (χ0n) is 20.5. The van der Waals surface area contributed by atoms with Gasteiger partial charge in [0.2, 0.25) is 0 Å². The second-order valence-electron chi connectivity index (χ2n) is 10.00. The number of piperidine rings is 1. The number of ketones is 1. The predicted molar refractivity (Wildman–Crippen MR) is 131 cm³/mol. The molecule has 2 atom stereocenters. The summed E-state index contributed by atoms with van der Waals surface area (Å²) >= 11 is 1.29. The molecule has 0 bridgehead atoms. The Kier molecular flexibility index (Phi) is 7.42. The summed E-state index contributed by atoms with van der Waals surface area (Å²) < 4.78 is 0. The Labute approximate surface area is 205 Å². The van der Waals surface area contributed by atoms with Crippen molar-refractivity contribution in [2.45, 2.75) is 70.4 Å². The molecule has 8 nitrogen and oxygen atoms in total. The minimum atomic E-state index is -0.868. The fourth-order valence-electron chi connectivity index (χ4n) is 5.91. The Morgan fingerprint density at radius 2 is 1.91 bits per heavy atom. The van der Waals surface area contributed by atoms with Crippen LogP contribution in [0.15, 0.2) is 11.4 Å². The largest absolute Gasteiger partial charge is 0.339 e.